The van der Waals surface area contributed by atoms with E-state index in [2.05, 4.69) is 15.9 Å². The third kappa shape index (κ3) is 4.56. The number of carbonyl (C=O) groups is 3. The van der Waals surface area contributed by atoms with E-state index in [1.807, 2.05) is 0 Å². The standard InChI is InChI=1S/C22H13BrN2O6S/c23-15-6-4-13(5-7-15)18(26)12-24-21(27)20(32-22(24)28)11-17-8-9-19(31-17)14-2-1-3-16(10-14)25(29)30/h1-11H,12H2/b20-11+. The number of Topliss-reactive ketones (excluding diaryl/α,β-unsaturated/α-hetero) is 1. The van der Waals surface area contributed by atoms with Crippen molar-refractivity contribution < 1.29 is 23.7 Å². The Balaban J connectivity index is 1.51. The van der Waals surface area contributed by atoms with Crippen LogP contribution in [0.3, 0.4) is 0 Å². The smallest absolute Gasteiger partial charge is 0.293 e. The summed E-state index contributed by atoms with van der Waals surface area (Å²) >= 11 is 4.01. The number of nitro groups is 1. The molecule has 0 N–H and O–H groups in total. The first-order valence-corrected chi connectivity index (χ1v) is 10.8. The molecular formula is C22H13BrN2O6S. The fourth-order valence-corrected chi connectivity index (χ4v) is 4.08. The van der Waals surface area contributed by atoms with Gasteiger partial charge in [0.15, 0.2) is 5.78 Å². The van der Waals surface area contributed by atoms with Crippen LogP contribution in [0.4, 0.5) is 10.5 Å². The second-order valence-corrected chi connectivity index (χ2v) is 8.62. The molecule has 0 atom stereocenters. The third-order valence-electron chi connectivity index (χ3n) is 4.58. The summed E-state index contributed by atoms with van der Waals surface area (Å²) in [6.07, 6.45) is 1.41. The molecule has 1 saturated heterocycles. The Hall–Kier alpha value is -3.50. The highest BCUT2D eigenvalue weighted by Gasteiger charge is 2.36. The summed E-state index contributed by atoms with van der Waals surface area (Å²) in [6, 6.07) is 15.8. The van der Waals surface area contributed by atoms with Gasteiger partial charge in [0.1, 0.15) is 11.5 Å². The van der Waals surface area contributed by atoms with Crippen molar-refractivity contribution in [2.75, 3.05) is 6.54 Å². The van der Waals surface area contributed by atoms with E-state index in [9.17, 15) is 24.5 Å². The van der Waals surface area contributed by atoms with Crippen molar-refractivity contribution in [3.05, 3.63) is 91.5 Å². The van der Waals surface area contributed by atoms with Crippen molar-refractivity contribution in [2.45, 2.75) is 0 Å². The van der Waals surface area contributed by atoms with Gasteiger partial charge in [-0.2, -0.15) is 0 Å². The number of carbonyl (C=O) groups excluding carboxylic acids is 3. The predicted molar refractivity (Wildman–Crippen MR) is 122 cm³/mol. The van der Waals surface area contributed by atoms with E-state index in [1.54, 1.807) is 48.5 Å². The van der Waals surface area contributed by atoms with Crippen LogP contribution in [0.25, 0.3) is 17.4 Å². The van der Waals surface area contributed by atoms with Crippen LogP contribution in [0.1, 0.15) is 16.1 Å². The number of benzene rings is 2. The number of rotatable bonds is 6. The second-order valence-electron chi connectivity index (χ2n) is 6.71. The molecule has 2 heterocycles. The summed E-state index contributed by atoms with van der Waals surface area (Å²) in [7, 11) is 0. The second kappa shape index (κ2) is 8.93. The number of amides is 2. The number of imide groups is 1. The molecule has 10 heteroatoms. The maximum Gasteiger partial charge on any atom is 0.293 e. The zero-order valence-electron chi connectivity index (χ0n) is 16.2. The maximum absolute atomic E-state index is 12.7. The van der Waals surface area contributed by atoms with Gasteiger partial charge in [-0.05, 0) is 36.0 Å². The molecule has 0 radical (unpaired) electrons. The van der Waals surface area contributed by atoms with Crippen molar-refractivity contribution in [2.24, 2.45) is 0 Å². The van der Waals surface area contributed by atoms with Crippen molar-refractivity contribution in [1.29, 1.82) is 0 Å². The minimum atomic E-state index is -0.584. The number of ketones is 1. The van der Waals surface area contributed by atoms with Crippen LogP contribution in [-0.2, 0) is 4.79 Å². The first-order valence-electron chi connectivity index (χ1n) is 9.20. The Labute approximate surface area is 194 Å². The van der Waals surface area contributed by atoms with Gasteiger partial charge < -0.3 is 4.42 Å². The maximum atomic E-state index is 12.7. The lowest BCUT2D eigenvalue weighted by molar-refractivity contribution is -0.384. The molecule has 160 valence electrons. The molecule has 2 aromatic carbocycles. The molecule has 0 aliphatic carbocycles. The van der Waals surface area contributed by atoms with E-state index in [1.165, 1.54) is 18.2 Å². The van der Waals surface area contributed by atoms with E-state index in [-0.39, 0.29) is 22.9 Å². The largest absolute Gasteiger partial charge is 0.457 e. The van der Waals surface area contributed by atoms with Gasteiger partial charge in [-0.3, -0.25) is 29.4 Å². The monoisotopic (exact) mass is 512 g/mol. The highest BCUT2D eigenvalue weighted by atomic mass is 79.9. The SMILES string of the molecule is O=C(CN1C(=O)S/C(=C/c2ccc(-c3cccc([N+](=O)[O-])c3)o2)C1=O)c1ccc(Br)cc1. The first-order chi connectivity index (χ1) is 15.3. The molecule has 3 aromatic rings. The zero-order chi connectivity index (χ0) is 22.8. The third-order valence-corrected chi connectivity index (χ3v) is 6.02. The lowest BCUT2D eigenvalue weighted by Crippen LogP contribution is -2.33. The zero-order valence-corrected chi connectivity index (χ0v) is 18.6. The van der Waals surface area contributed by atoms with E-state index in [0.29, 0.717) is 22.6 Å². The number of nitrogens with zero attached hydrogens (tertiary/aromatic N) is 2. The molecular weight excluding hydrogens is 500 g/mol. The molecule has 2 amide bonds. The molecule has 1 aliphatic rings. The number of halogens is 1. The average molecular weight is 513 g/mol. The number of hydrogen-bond acceptors (Lipinski definition) is 7. The Bertz CT molecular complexity index is 1280. The van der Waals surface area contributed by atoms with Crippen molar-refractivity contribution >= 4 is 56.4 Å². The van der Waals surface area contributed by atoms with Crippen LogP contribution in [-0.4, -0.2) is 33.3 Å². The molecule has 32 heavy (non-hydrogen) atoms. The van der Waals surface area contributed by atoms with Crippen LogP contribution in [0.15, 0.2) is 74.5 Å². The van der Waals surface area contributed by atoms with Gasteiger partial charge in [0.25, 0.3) is 16.8 Å². The normalized spacial score (nSPS) is 14.9. The topological polar surface area (TPSA) is 111 Å². The number of nitro benzene ring substituents is 1. The number of furan rings is 1. The number of thioether (sulfide) groups is 1. The fraction of sp³-hybridized carbons (Fsp3) is 0.0455. The van der Waals surface area contributed by atoms with E-state index >= 15 is 0 Å². The van der Waals surface area contributed by atoms with Crippen molar-refractivity contribution in [1.82, 2.24) is 4.90 Å². The molecule has 0 bridgehead atoms. The minimum absolute atomic E-state index is 0.0722. The summed E-state index contributed by atoms with van der Waals surface area (Å²) in [5.74, 6) is -0.258. The molecule has 8 nitrogen and oxygen atoms in total. The number of non-ortho nitro benzene ring substituents is 1. The van der Waals surface area contributed by atoms with Gasteiger partial charge >= 0.3 is 0 Å². The number of hydrogen-bond donors (Lipinski definition) is 0. The quantitative estimate of drug-likeness (QED) is 0.184. The molecule has 4 rings (SSSR count). The fourth-order valence-electron chi connectivity index (χ4n) is 2.99. The first kappa shape index (κ1) is 21.7. The van der Waals surface area contributed by atoms with E-state index < -0.39 is 16.1 Å². The van der Waals surface area contributed by atoms with Gasteiger partial charge in [0, 0.05) is 33.8 Å². The molecule has 1 fully saturated rings. The van der Waals surface area contributed by atoms with Gasteiger partial charge in [-0.15, -0.1) is 0 Å². The van der Waals surface area contributed by atoms with E-state index in [0.717, 1.165) is 21.1 Å². The summed E-state index contributed by atoms with van der Waals surface area (Å²) < 4.78 is 6.49. The van der Waals surface area contributed by atoms with Crippen LogP contribution in [0, 0.1) is 10.1 Å². The molecule has 1 aromatic heterocycles. The lowest BCUT2D eigenvalue weighted by Gasteiger charge is -2.11. The predicted octanol–water partition coefficient (Wildman–Crippen LogP) is 5.54. The van der Waals surface area contributed by atoms with Crippen molar-refractivity contribution in [3.63, 3.8) is 0 Å². The summed E-state index contributed by atoms with van der Waals surface area (Å²) in [5.41, 5.74) is 0.827. The Morgan fingerprint density at radius 3 is 2.59 bits per heavy atom. The Morgan fingerprint density at radius 1 is 1.12 bits per heavy atom. The Morgan fingerprint density at radius 2 is 1.88 bits per heavy atom. The van der Waals surface area contributed by atoms with Gasteiger partial charge in [0.05, 0.1) is 16.4 Å². The van der Waals surface area contributed by atoms with Gasteiger partial charge in [0.2, 0.25) is 0 Å². The average Bonchev–Trinajstić information content (AvgIpc) is 3.34. The molecule has 0 saturated carbocycles. The summed E-state index contributed by atoms with van der Waals surface area (Å²) in [6.45, 7) is -0.360. The van der Waals surface area contributed by atoms with Crippen LogP contribution >= 0.6 is 27.7 Å². The Kier molecular flexibility index (Phi) is 6.06. The van der Waals surface area contributed by atoms with Gasteiger partial charge in [-0.25, -0.2) is 0 Å². The van der Waals surface area contributed by atoms with Crippen LogP contribution in [0.2, 0.25) is 0 Å². The molecule has 1 aliphatic heterocycles. The molecule has 0 unspecified atom stereocenters. The summed E-state index contributed by atoms with van der Waals surface area (Å²) in [4.78, 5) is 48.9. The van der Waals surface area contributed by atoms with Crippen LogP contribution < -0.4 is 0 Å². The molecule has 0 spiro atoms. The van der Waals surface area contributed by atoms with Gasteiger partial charge in [-0.1, -0.05) is 40.2 Å². The lowest BCUT2D eigenvalue weighted by atomic mass is 10.1. The van der Waals surface area contributed by atoms with Crippen molar-refractivity contribution in [3.8, 4) is 11.3 Å². The van der Waals surface area contributed by atoms with Crippen LogP contribution in [0.5, 0.6) is 0 Å². The highest BCUT2D eigenvalue weighted by Crippen LogP contribution is 2.34. The van der Waals surface area contributed by atoms with E-state index in [4.69, 9.17) is 4.42 Å². The highest BCUT2D eigenvalue weighted by molar-refractivity contribution is 9.10. The summed E-state index contributed by atoms with van der Waals surface area (Å²) in [5, 5.41) is 10.4. The minimum Gasteiger partial charge on any atom is -0.457 e.